The van der Waals surface area contributed by atoms with Gasteiger partial charge in [-0.15, -0.1) is 0 Å². The summed E-state index contributed by atoms with van der Waals surface area (Å²) >= 11 is 0. The van der Waals surface area contributed by atoms with Gasteiger partial charge in [-0.1, -0.05) is 35.3 Å². The van der Waals surface area contributed by atoms with Gasteiger partial charge in [0, 0.05) is 20.2 Å². The summed E-state index contributed by atoms with van der Waals surface area (Å²) in [5.74, 6) is 0. The van der Waals surface area contributed by atoms with Crippen molar-refractivity contribution in [2.24, 2.45) is 5.11 Å². The van der Waals surface area contributed by atoms with E-state index in [1.807, 2.05) is 0 Å². The van der Waals surface area contributed by atoms with E-state index in [9.17, 15) is 0 Å². The number of rotatable bonds is 3. The first kappa shape index (κ1) is 5.21. The fourth-order valence-corrected chi connectivity index (χ4v) is 1.75. The standard InChI is InChI=1S/C12H16N4/c1-10-12(14-15-13)7-8-16(10)9-11-5-3-2-4-6-11/h2-6,10,12H,7-9H2,1H3/t10-,12-/m1/s1/i2D,3D,4D,5D,6D,9D2. The lowest BCUT2D eigenvalue weighted by Crippen LogP contribution is -2.30. The van der Waals surface area contributed by atoms with Crippen molar-refractivity contribution in [3.63, 3.8) is 0 Å². The van der Waals surface area contributed by atoms with Crippen LogP contribution in [0.1, 0.15) is 28.5 Å². The van der Waals surface area contributed by atoms with E-state index >= 15 is 0 Å². The Morgan fingerprint density at radius 1 is 1.62 bits per heavy atom. The Labute approximate surface area is 105 Å². The molecule has 0 radical (unpaired) electrons. The number of azide groups is 1. The fourth-order valence-electron chi connectivity index (χ4n) is 1.75. The topological polar surface area (TPSA) is 52.0 Å². The molecular weight excluding hydrogens is 200 g/mol. The van der Waals surface area contributed by atoms with Crippen LogP contribution in [0.3, 0.4) is 0 Å². The van der Waals surface area contributed by atoms with Gasteiger partial charge in [-0.3, -0.25) is 4.90 Å². The van der Waals surface area contributed by atoms with Gasteiger partial charge in [0.05, 0.1) is 12.9 Å². The van der Waals surface area contributed by atoms with Crippen LogP contribution in [0.4, 0.5) is 0 Å². The van der Waals surface area contributed by atoms with E-state index in [0.717, 1.165) is 0 Å². The van der Waals surface area contributed by atoms with Crippen molar-refractivity contribution >= 4 is 0 Å². The summed E-state index contributed by atoms with van der Waals surface area (Å²) in [6.07, 6.45) is 0.448. The van der Waals surface area contributed by atoms with Crippen LogP contribution >= 0.6 is 0 Å². The van der Waals surface area contributed by atoms with E-state index in [1.165, 1.54) is 4.90 Å². The average Bonchev–Trinajstić information content (AvgIpc) is 2.85. The van der Waals surface area contributed by atoms with E-state index < -0.39 is 54.4 Å². The van der Waals surface area contributed by atoms with E-state index in [0.29, 0.717) is 6.42 Å². The quantitative estimate of drug-likeness (QED) is 0.441. The molecule has 0 amide bonds. The first-order chi connectivity index (χ1) is 10.6. The molecule has 4 nitrogen and oxygen atoms in total. The highest BCUT2D eigenvalue weighted by Crippen LogP contribution is 2.22. The Kier molecular flexibility index (Phi) is 1.63. The second kappa shape index (κ2) is 5.01. The SMILES string of the molecule is [2H]c1c([2H])c([2H])c(C([2H])([2H])N2CC[C@@H](N=[N+]=[N-])[C@H]2C)c([2H])c1[2H]. The molecule has 4 heteroatoms. The maximum Gasteiger partial charge on any atom is 0.0626 e. The third kappa shape index (κ3) is 2.35. The zero-order valence-corrected chi connectivity index (χ0v) is 8.86. The number of likely N-dealkylation sites (tertiary alicyclic amines) is 1. The molecule has 1 heterocycles. The minimum atomic E-state index is -2.27. The normalized spacial score (nSPS) is 32.4. The van der Waals surface area contributed by atoms with Gasteiger partial charge in [-0.05, 0) is 31.0 Å². The minimum Gasteiger partial charge on any atom is -0.296 e. The van der Waals surface area contributed by atoms with Crippen molar-refractivity contribution in [3.8, 4) is 0 Å². The monoisotopic (exact) mass is 223 g/mol. The summed E-state index contributed by atoms with van der Waals surface area (Å²) in [4.78, 5) is 4.12. The van der Waals surface area contributed by atoms with Crippen LogP contribution in [-0.4, -0.2) is 23.5 Å². The number of hydrogen-bond acceptors (Lipinski definition) is 2. The molecule has 0 saturated carbocycles. The highest BCUT2D eigenvalue weighted by atomic mass is 15.2. The number of benzene rings is 1. The van der Waals surface area contributed by atoms with Crippen LogP contribution < -0.4 is 0 Å². The van der Waals surface area contributed by atoms with Crippen molar-refractivity contribution in [2.75, 3.05) is 6.54 Å². The molecular formula is C12H16N4. The van der Waals surface area contributed by atoms with Crippen LogP contribution in [0.5, 0.6) is 0 Å². The van der Waals surface area contributed by atoms with Gasteiger partial charge < -0.3 is 0 Å². The van der Waals surface area contributed by atoms with Crippen LogP contribution in [-0.2, 0) is 6.50 Å². The van der Waals surface area contributed by atoms with Gasteiger partial charge in [0.25, 0.3) is 0 Å². The summed E-state index contributed by atoms with van der Waals surface area (Å²) in [6.45, 7) is -0.313. The van der Waals surface area contributed by atoms with Gasteiger partial charge in [0.1, 0.15) is 0 Å². The van der Waals surface area contributed by atoms with Gasteiger partial charge in [0.2, 0.25) is 0 Å². The molecule has 0 aromatic heterocycles. The first-order valence-electron chi connectivity index (χ1n) is 8.53. The van der Waals surface area contributed by atoms with Crippen molar-refractivity contribution in [1.82, 2.24) is 4.90 Å². The van der Waals surface area contributed by atoms with Gasteiger partial charge in [-0.25, -0.2) is 0 Å². The molecule has 1 aliphatic rings. The molecule has 0 unspecified atom stereocenters. The highest BCUT2D eigenvalue weighted by Gasteiger charge is 2.29. The van der Waals surface area contributed by atoms with Crippen molar-refractivity contribution in [1.29, 1.82) is 0 Å². The van der Waals surface area contributed by atoms with Crippen molar-refractivity contribution < 1.29 is 9.60 Å². The molecule has 1 aromatic carbocycles. The molecule has 16 heavy (non-hydrogen) atoms. The Morgan fingerprint density at radius 3 is 3.06 bits per heavy atom. The summed E-state index contributed by atoms with van der Waals surface area (Å²) < 4.78 is 55.5. The fraction of sp³-hybridized carbons (Fsp3) is 0.500. The molecule has 0 aliphatic carbocycles. The van der Waals surface area contributed by atoms with Crippen molar-refractivity contribution in [3.05, 3.63) is 46.2 Å². The second-order valence-corrected chi connectivity index (χ2v) is 3.61. The molecule has 0 spiro atoms. The highest BCUT2D eigenvalue weighted by molar-refractivity contribution is 5.15. The van der Waals surface area contributed by atoms with E-state index in [2.05, 4.69) is 10.0 Å². The van der Waals surface area contributed by atoms with Gasteiger partial charge in [0.15, 0.2) is 0 Å². The van der Waals surface area contributed by atoms with E-state index in [-0.39, 0.29) is 6.54 Å². The summed E-state index contributed by atoms with van der Waals surface area (Å²) in [5.41, 5.74) is 8.17. The summed E-state index contributed by atoms with van der Waals surface area (Å²) in [6, 6.07) is -3.66. The lowest BCUT2D eigenvalue weighted by molar-refractivity contribution is 0.251. The zero-order valence-electron chi connectivity index (χ0n) is 15.9. The second-order valence-electron chi connectivity index (χ2n) is 3.61. The predicted molar refractivity (Wildman–Crippen MR) is 63.9 cm³/mol. The lowest BCUT2D eigenvalue weighted by atomic mass is 10.1. The third-order valence-corrected chi connectivity index (χ3v) is 2.67. The van der Waals surface area contributed by atoms with Crippen LogP contribution in [0.25, 0.3) is 10.4 Å². The molecule has 1 aromatic rings. The lowest BCUT2D eigenvalue weighted by Gasteiger charge is -2.22. The zero-order chi connectivity index (χ0) is 17.5. The number of hydrogen-bond donors (Lipinski definition) is 0. The maximum absolute atomic E-state index is 8.56. The molecule has 2 rings (SSSR count). The number of nitrogens with zero attached hydrogens (tertiary/aromatic N) is 4. The van der Waals surface area contributed by atoms with Crippen molar-refractivity contribution in [2.45, 2.75) is 31.9 Å². The Morgan fingerprint density at radius 2 is 2.38 bits per heavy atom. The maximum atomic E-state index is 8.56. The summed E-state index contributed by atoms with van der Waals surface area (Å²) in [7, 11) is 0. The first-order valence-corrected chi connectivity index (χ1v) is 5.03. The minimum absolute atomic E-state index is 0.264. The molecule has 1 aliphatic heterocycles. The average molecular weight is 223 g/mol. The smallest absolute Gasteiger partial charge is 0.0626 e. The molecule has 1 fully saturated rings. The van der Waals surface area contributed by atoms with Crippen LogP contribution in [0, 0.1) is 0 Å². The molecule has 1 saturated heterocycles. The van der Waals surface area contributed by atoms with E-state index in [1.54, 1.807) is 6.92 Å². The molecule has 2 atom stereocenters. The Balaban J connectivity index is 2.55. The Hall–Kier alpha value is -1.51. The van der Waals surface area contributed by atoms with Gasteiger partial charge >= 0.3 is 0 Å². The predicted octanol–water partition coefficient (Wildman–Crippen LogP) is 2.96. The largest absolute Gasteiger partial charge is 0.296 e. The van der Waals surface area contributed by atoms with E-state index in [4.69, 9.17) is 15.1 Å². The summed E-state index contributed by atoms with van der Waals surface area (Å²) in [5, 5.41) is 3.63. The van der Waals surface area contributed by atoms with Crippen LogP contribution in [0.15, 0.2) is 35.3 Å². The molecule has 0 bridgehead atoms. The van der Waals surface area contributed by atoms with Crippen LogP contribution in [0.2, 0.25) is 0 Å². The van der Waals surface area contributed by atoms with Gasteiger partial charge in [-0.2, -0.15) is 0 Å². The molecule has 84 valence electrons. The Bertz CT molecular complexity index is 657. The molecule has 0 N–H and O–H groups in total. The third-order valence-electron chi connectivity index (χ3n) is 2.67.